The van der Waals surface area contributed by atoms with Crippen LogP contribution in [0.15, 0.2) is 36.9 Å². The molecular weight excluding hydrogens is 236 g/mol. The molecule has 0 fully saturated rings. The maximum Gasteiger partial charge on any atom is 0.137 e. The fourth-order valence-electron chi connectivity index (χ4n) is 1.34. The molecule has 0 radical (unpaired) electrons. The first-order valence-corrected chi connectivity index (χ1v) is 5.51. The summed E-state index contributed by atoms with van der Waals surface area (Å²) in [5, 5.41) is 3.98. The number of benzene rings is 1. The molecule has 6 heteroatoms. The molecule has 0 atom stereocenters. The summed E-state index contributed by atoms with van der Waals surface area (Å²) in [6, 6.07) is 7.40. The molecule has 0 saturated heterocycles. The van der Waals surface area contributed by atoms with Gasteiger partial charge in [-0.1, -0.05) is 24.4 Å². The monoisotopic (exact) mass is 248 g/mol. The third-order valence-electron chi connectivity index (χ3n) is 2.17. The normalized spacial score (nSPS) is 10.1. The minimum atomic E-state index is 0.367. The van der Waals surface area contributed by atoms with E-state index in [1.807, 2.05) is 24.3 Å². The summed E-state index contributed by atoms with van der Waals surface area (Å²) in [6.45, 7) is 1.17. The van der Waals surface area contributed by atoms with Crippen LogP contribution in [0.2, 0.25) is 0 Å². The summed E-state index contributed by atoms with van der Waals surface area (Å²) in [7, 11) is 0. The summed E-state index contributed by atoms with van der Waals surface area (Å²) in [5.41, 5.74) is 6.35. The van der Waals surface area contributed by atoms with Crippen molar-refractivity contribution in [2.75, 3.05) is 6.61 Å². The van der Waals surface area contributed by atoms with E-state index in [0.29, 0.717) is 18.1 Å². The average Bonchev–Trinajstić information content (AvgIpc) is 2.82. The smallest absolute Gasteiger partial charge is 0.137 e. The Morgan fingerprint density at radius 2 is 2.35 bits per heavy atom. The molecule has 0 aliphatic rings. The van der Waals surface area contributed by atoms with Gasteiger partial charge < -0.3 is 10.5 Å². The Labute approximate surface area is 104 Å². The Balaban J connectivity index is 1.90. The highest BCUT2D eigenvalue weighted by molar-refractivity contribution is 7.80. The molecule has 1 aromatic heterocycles. The summed E-state index contributed by atoms with van der Waals surface area (Å²) >= 11 is 4.90. The molecule has 0 amide bonds. The molecule has 5 nitrogen and oxygen atoms in total. The first-order chi connectivity index (χ1) is 8.25. The van der Waals surface area contributed by atoms with Gasteiger partial charge in [0.25, 0.3) is 0 Å². The Kier molecular flexibility index (Phi) is 3.66. The number of rotatable bonds is 5. The zero-order valence-corrected chi connectivity index (χ0v) is 9.93. The van der Waals surface area contributed by atoms with Crippen molar-refractivity contribution in [2.45, 2.75) is 6.54 Å². The third kappa shape index (κ3) is 3.25. The first-order valence-electron chi connectivity index (χ1n) is 5.11. The number of hydrogen-bond acceptors (Lipinski definition) is 4. The van der Waals surface area contributed by atoms with Crippen LogP contribution in [0.3, 0.4) is 0 Å². The SMILES string of the molecule is NC(=S)c1cccc(OCCn2cncn2)c1. The Hall–Kier alpha value is -1.95. The maximum absolute atomic E-state index is 5.57. The Morgan fingerprint density at radius 1 is 1.47 bits per heavy atom. The molecule has 0 spiro atoms. The zero-order chi connectivity index (χ0) is 12.1. The van der Waals surface area contributed by atoms with E-state index in [0.717, 1.165) is 11.3 Å². The molecule has 0 unspecified atom stereocenters. The van der Waals surface area contributed by atoms with E-state index in [1.165, 1.54) is 6.33 Å². The highest BCUT2D eigenvalue weighted by Crippen LogP contribution is 2.13. The van der Waals surface area contributed by atoms with Crippen LogP contribution < -0.4 is 10.5 Å². The first kappa shape index (κ1) is 11.5. The number of hydrogen-bond donors (Lipinski definition) is 1. The van der Waals surface area contributed by atoms with E-state index in [9.17, 15) is 0 Å². The molecule has 2 rings (SSSR count). The molecule has 88 valence electrons. The van der Waals surface area contributed by atoms with Gasteiger partial charge in [0.15, 0.2) is 0 Å². The van der Waals surface area contributed by atoms with Crippen LogP contribution in [0.25, 0.3) is 0 Å². The summed E-state index contributed by atoms with van der Waals surface area (Å²) in [4.78, 5) is 4.22. The summed E-state index contributed by atoms with van der Waals surface area (Å²) in [6.07, 6.45) is 3.14. The highest BCUT2D eigenvalue weighted by Gasteiger charge is 1.99. The molecule has 0 aliphatic heterocycles. The van der Waals surface area contributed by atoms with E-state index in [-0.39, 0.29) is 0 Å². The van der Waals surface area contributed by atoms with Crippen molar-refractivity contribution < 1.29 is 4.74 Å². The fourth-order valence-corrected chi connectivity index (χ4v) is 1.47. The molecule has 1 heterocycles. The number of thiocarbonyl (C=S) groups is 1. The van der Waals surface area contributed by atoms with Gasteiger partial charge in [-0.05, 0) is 12.1 Å². The lowest BCUT2D eigenvalue weighted by molar-refractivity contribution is 0.291. The summed E-state index contributed by atoms with van der Waals surface area (Å²) in [5.74, 6) is 0.746. The van der Waals surface area contributed by atoms with Crippen LogP contribution >= 0.6 is 12.2 Å². The largest absolute Gasteiger partial charge is 0.492 e. The minimum absolute atomic E-state index is 0.367. The lowest BCUT2D eigenvalue weighted by Gasteiger charge is -2.07. The molecule has 0 aliphatic carbocycles. The third-order valence-corrected chi connectivity index (χ3v) is 2.41. The lowest BCUT2D eigenvalue weighted by atomic mass is 10.2. The van der Waals surface area contributed by atoms with Crippen LogP contribution in [0.1, 0.15) is 5.56 Å². The van der Waals surface area contributed by atoms with Crippen molar-refractivity contribution in [1.29, 1.82) is 0 Å². The quantitative estimate of drug-likeness (QED) is 0.799. The molecule has 1 aromatic carbocycles. The maximum atomic E-state index is 5.57. The second kappa shape index (κ2) is 5.40. The molecule has 0 bridgehead atoms. The van der Waals surface area contributed by atoms with Crippen molar-refractivity contribution in [1.82, 2.24) is 14.8 Å². The minimum Gasteiger partial charge on any atom is -0.492 e. The van der Waals surface area contributed by atoms with Crippen LogP contribution in [-0.4, -0.2) is 26.4 Å². The van der Waals surface area contributed by atoms with Gasteiger partial charge in [0.1, 0.15) is 30.0 Å². The van der Waals surface area contributed by atoms with E-state index < -0.39 is 0 Å². The van der Waals surface area contributed by atoms with Gasteiger partial charge in [-0.15, -0.1) is 0 Å². The topological polar surface area (TPSA) is 66.0 Å². The average molecular weight is 248 g/mol. The van der Waals surface area contributed by atoms with E-state index >= 15 is 0 Å². The molecule has 17 heavy (non-hydrogen) atoms. The number of ether oxygens (including phenoxy) is 1. The van der Waals surface area contributed by atoms with Gasteiger partial charge in [0.2, 0.25) is 0 Å². The van der Waals surface area contributed by atoms with Gasteiger partial charge in [-0.25, -0.2) is 9.67 Å². The van der Waals surface area contributed by atoms with Crippen molar-refractivity contribution in [2.24, 2.45) is 5.73 Å². The number of nitrogens with zero attached hydrogens (tertiary/aromatic N) is 3. The van der Waals surface area contributed by atoms with Gasteiger partial charge in [-0.2, -0.15) is 5.10 Å². The predicted octanol–water partition coefficient (Wildman–Crippen LogP) is 0.991. The standard InChI is InChI=1S/C11H12N4OS/c12-11(17)9-2-1-3-10(6-9)16-5-4-15-8-13-7-14-15/h1-3,6-8H,4-5H2,(H2,12,17). The van der Waals surface area contributed by atoms with Crippen molar-refractivity contribution in [3.8, 4) is 5.75 Å². The predicted molar refractivity (Wildman–Crippen MR) is 67.8 cm³/mol. The second-order valence-corrected chi connectivity index (χ2v) is 3.84. The van der Waals surface area contributed by atoms with E-state index in [1.54, 1.807) is 11.0 Å². The fraction of sp³-hybridized carbons (Fsp3) is 0.182. The number of aromatic nitrogens is 3. The van der Waals surface area contributed by atoms with Crippen molar-refractivity contribution in [3.05, 3.63) is 42.5 Å². The molecule has 2 N–H and O–H groups in total. The zero-order valence-electron chi connectivity index (χ0n) is 9.11. The molecule has 0 saturated carbocycles. The highest BCUT2D eigenvalue weighted by atomic mass is 32.1. The van der Waals surface area contributed by atoms with Crippen molar-refractivity contribution >= 4 is 17.2 Å². The Morgan fingerprint density at radius 3 is 3.06 bits per heavy atom. The summed E-state index contributed by atoms with van der Waals surface area (Å²) < 4.78 is 7.27. The van der Waals surface area contributed by atoms with Crippen LogP contribution in [0.4, 0.5) is 0 Å². The van der Waals surface area contributed by atoms with Gasteiger partial charge in [-0.3, -0.25) is 0 Å². The van der Waals surface area contributed by atoms with E-state index in [2.05, 4.69) is 10.1 Å². The van der Waals surface area contributed by atoms with Crippen LogP contribution in [0.5, 0.6) is 5.75 Å². The molecule has 2 aromatic rings. The molecular formula is C11H12N4OS. The van der Waals surface area contributed by atoms with Crippen LogP contribution in [0, 0.1) is 0 Å². The lowest BCUT2D eigenvalue weighted by Crippen LogP contribution is -2.11. The van der Waals surface area contributed by atoms with Gasteiger partial charge >= 0.3 is 0 Å². The van der Waals surface area contributed by atoms with Gasteiger partial charge in [0, 0.05) is 5.56 Å². The van der Waals surface area contributed by atoms with Gasteiger partial charge in [0.05, 0.1) is 6.54 Å². The van der Waals surface area contributed by atoms with Crippen molar-refractivity contribution in [3.63, 3.8) is 0 Å². The van der Waals surface area contributed by atoms with Crippen LogP contribution in [-0.2, 0) is 6.54 Å². The van der Waals surface area contributed by atoms with E-state index in [4.69, 9.17) is 22.7 Å². The Bertz CT molecular complexity index is 498. The second-order valence-electron chi connectivity index (χ2n) is 3.40. The number of nitrogens with two attached hydrogens (primary N) is 1.